The van der Waals surface area contributed by atoms with E-state index >= 15 is 0 Å². The fraction of sp³-hybridized carbons (Fsp3) is 0.238. The summed E-state index contributed by atoms with van der Waals surface area (Å²) in [6.07, 6.45) is 0. The molecule has 0 fully saturated rings. The zero-order valence-electron chi connectivity index (χ0n) is 16.9. The number of aromatic nitrogens is 1. The van der Waals surface area contributed by atoms with Crippen LogP contribution in [-0.4, -0.2) is 34.8 Å². The average Bonchev–Trinajstić information content (AvgIpc) is 3.11. The molecule has 0 saturated heterocycles. The zero-order valence-corrected chi connectivity index (χ0v) is 18.5. The second-order valence-electron chi connectivity index (χ2n) is 7.03. The van der Waals surface area contributed by atoms with E-state index in [1.54, 1.807) is 12.1 Å². The molecule has 2 aromatic carbocycles. The van der Waals surface area contributed by atoms with E-state index in [-0.39, 0.29) is 17.2 Å². The van der Waals surface area contributed by atoms with Crippen molar-refractivity contribution < 1.29 is 9.72 Å². The molecule has 7 nitrogen and oxygen atoms in total. The summed E-state index contributed by atoms with van der Waals surface area (Å²) in [7, 11) is 4.02. The maximum atomic E-state index is 12.5. The van der Waals surface area contributed by atoms with Gasteiger partial charge in [0.2, 0.25) is 0 Å². The summed E-state index contributed by atoms with van der Waals surface area (Å²) in [6.45, 7) is 3.07. The van der Waals surface area contributed by atoms with Gasteiger partial charge in [-0.1, -0.05) is 36.0 Å². The first-order valence-corrected chi connectivity index (χ1v) is 10.9. The maximum absolute atomic E-state index is 12.5. The van der Waals surface area contributed by atoms with Crippen molar-refractivity contribution in [1.29, 1.82) is 0 Å². The van der Waals surface area contributed by atoms with Gasteiger partial charge in [0.25, 0.3) is 11.6 Å². The monoisotopic (exact) mass is 442 g/mol. The van der Waals surface area contributed by atoms with Gasteiger partial charge in [-0.2, -0.15) is 0 Å². The molecule has 1 heterocycles. The van der Waals surface area contributed by atoms with Gasteiger partial charge in [-0.15, -0.1) is 11.3 Å². The number of carbonyl (C=O) groups is 1. The minimum absolute atomic E-state index is 0.103. The first kappa shape index (κ1) is 21.9. The number of rotatable bonds is 8. The summed E-state index contributed by atoms with van der Waals surface area (Å²) >= 11 is 2.66. The van der Waals surface area contributed by atoms with Crippen LogP contribution in [0.2, 0.25) is 0 Å². The molecule has 0 spiro atoms. The molecule has 1 amide bonds. The van der Waals surface area contributed by atoms with E-state index in [2.05, 4.69) is 15.2 Å². The van der Waals surface area contributed by atoms with Crippen molar-refractivity contribution in [2.45, 2.75) is 29.2 Å². The molecule has 3 rings (SSSR count). The van der Waals surface area contributed by atoms with Crippen molar-refractivity contribution in [2.24, 2.45) is 0 Å². The van der Waals surface area contributed by atoms with Gasteiger partial charge in [0.05, 0.1) is 9.82 Å². The second kappa shape index (κ2) is 9.84. The smallest absolute Gasteiger partial charge is 0.284 e. The van der Waals surface area contributed by atoms with Crippen LogP contribution in [0.15, 0.2) is 57.1 Å². The van der Waals surface area contributed by atoms with Crippen LogP contribution in [0.1, 0.15) is 27.2 Å². The third-order valence-electron chi connectivity index (χ3n) is 4.19. The van der Waals surface area contributed by atoms with Gasteiger partial charge in [-0.05, 0) is 44.3 Å². The van der Waals surface area contributed by atoms with Crippen LogP contribution in [0.3, 0.4) is 0 Å². The van der Waals surface area contributed by atoms with Gasteiger partial charge < -0.3 is 10.2 Å². The van der Waals surface area contributed by atoms with Crippen molar-refractivity contribution in [3.63, 3.8) is 0 Å². The number of nitrogens with zero attached hydrogens (tertiary/aromatic N) is 3. The Hall–Kier alpha value is -2.75. The van der Waals surface area contributed by atoms with Crippen molar-refractivity contribution in [1.82, 2.24) is 15.2 Å². The summed E-state index contributed by atoms with van der Waals surface area (Å²) in [6, 6.07) is 12.5. The normalized spacial score (nSPS) is 10.9. The number of nitro benzene ring substituents is 1. The van der Waals surface area contributed by atoms with E-state index in [0.29, 0.717) is 11.4 Å². The van der Waals surface area contributed by atoms with E-state index in [1.165, 1.54) is 34.7 Å². The van der Waals surface area contributed by atoms with E-state index in [9.17, 15) is 14.9 Å². The number of amides is 1. The van der Waals surface area contributed by atoms with Gasteiger partial charge in [-0.3, -0.25) is 14.9 Å². The van der Waals surface area contributed by atoms with Crippen LogP contribution in [0.5, 0.6) is 0 Å². The quantitative estimate of drug-likeness (QED) is 0.408. The molecule has 156 valence electrons. The molecule has 0 atom stereocenters. The number of benzene rings is 2. The summed E-state index contributed by atoms with van der Waals surface area (Å²) in [5.41, 5.74) is 3.18. The summed E-state index contributed by atoms with van der Waals surface area (Å²) in [4.78, 5) is 30.4. The Morgan fingerprint density at radius 1 is 1.20 bits per heavy atom. The van der Waals surface area contributed by atoms with Crippen LogP contribution in [0, 0.1) is 17.0 Å². The number of aryl methyl sites for hydroxylation is 1. The van der Waals surface area contributed by atoms with Crippen LogP contribution >= 0.6 is 23.1 Å². The standard InChI is InChI=1S/C21H22N4O3S2/c1-14-13-29-21(23-14)30-19-9-8-17(10-18(19)25(27)28)20(26)22-11-15-4-6-16(7-5-15)12-24(2)3/h4-10,13H,11-12H2,1-3H3,(H,22,26). The minimum Gasteiger partial charge on any atom is -0.348 e. The molecule has 0 unspecified atom stereocenters. The predicted molar refractivity (Wildman–Crippen MR) is 119 cm³/mol. The Kier molecular flexibility index (Phi) is 7.20. The number of thiazole rings is 1. The Morgan fingerprint density at radius 2 is 1.90 bits per heavy atom. The number of hydrogen-bond acceptors (Lipinski definition) is 7. The fourth-order valence-corrected chi connectivity index (χ4v) is 4.65. The molecule has 1 aromatic heterocycles. The highest BCUT2D eigenvalue weighted by molar-refractivity contribution is 8.01. The Bertz CT molecular complexity index is 1050. The first-order chi connectivity index (χ1) is 14.3. The lowest BCUT2D eigenvalue weighted by molar-refractivity contribution is -0.387. The largest absolute Gasteiger partial charge is 0.348 e. The summed E-state index contributed by atoms with van der Waals surface area (Å²) < 4.78 is 0.727. The van der Waals surface area contributed by atoms with Gasteiger partial charge >= 0.3 is 0 Å². The summed E-state index contributed by atoms with van der Waals surface area (Å²) in [5, 5.41) is 16.2. The molecule has 9 heteroatoms. The number of hydrogen-bond donors (Lipinski definition) is 1. The molecule has 30 heavy (non-hydrogen) atoms. The molecule has 1 N–H and O–H groups in total. The predicted octanol–water partition coefficient (Wildman–Crippen LogP) is 4.50. The lowest BCUT2D eigenvalue weighted by Crippen LogP contribution is -2.23. The molecule has 0 aliphatic rings. The number of nitrogens with one attached hydrogen (secondary N) is 1. The lowest BCUT2D eigenvalue weighted by atomic mass is 10.1. The van der Waals surface area contributed by atoms with E-state index in [4.69, 9.17) is 0 Å². The first-order valence-electron chi connectivity index (χ1n) is 9.21. The molecular formula is C21H22N4O3S2. The summed E-state index contributed by atoms with van der Waals surface area (Å²) in [5.74, 6) is -0.350. The number of carbonyl (C=O) groups excluding carboxylic acids is 1. The van der Waals surface area contributed by atoms with Crippen molar-refractivity contribution in [3.05, 3.63) is 80.3 Å². The van der Waals surface area contributed by atoms with Crippen molar-refractivity contribution in [2.75, 3.05) is 14.1 Å². The van der Waals surface area contributed by atoms with Gasteiger partial charge in [0, 0.05) is 35.8 Å². The van der Waals surface area contributed by atoms with E-state index in [1.807, 2.05) is 50.7 Å². The van der Waals surface area contributed by atoms with Crippen LogP contribution in [0.4, 0.5) is 5.69 Å². The molecule has 0 aliphatic heterocycles. The molecule has 0 saturated carbocycles. The van der Waals surface area contributed by atoms with E-state index < -0.39 is 4.92 Å². The fourth-order valence-electron chi connectivity index (χ4n) is 2.77. The van der Waals surface area contributed by atoms with Crippen molar-refractivity contribution >= 4 is 34.7 Å². The molecule has 0 radical (unpaired) electrons. The average molecular weight is 443 g/mol. The molecule has 0 bridgehead atoms. The highest BCUT2D eigenvalue weighted by atomic mass is 32.2. The highest BCUT2D eigenvalue weighted by Crippen LogP contribution is 2.36. The van der Waals surface area contributed by atoms with Gasteiger partial charge in [0.15, 0.2) is 4.34 Å². The number of nitro groups is 1. The molecular weight excluding hydrogens is 420 g/mol. The third-order valence-corrected chi connectivity index (χ3v) is 6.31. The topological polar surface area (TPSA) is 88.4 Å². The Morgan fingerprint density at radius 3 is 2.50 bits per heavy atom. The molecule has 3 aromatic rings. The van der Waals surface area contributed by atoms with Crippen LogP contribution in [0.25, 0.3) is 0 Å². The Labute approximate surface area is 183 Å². The maximum Gasteiger partial charge on any atom is 0.284 e. The minimum atomic E-state index is -0.469. The second-order valence-corrected chi connectivity index (χ2v) is 9.18. The highest BCUT2D eigenvalue weighted by Gasteiger charge is 2.19. The Balaban J connectivity index is 1.68. The van der Waals surface area contributed by atoms with Gasteiger partial charge in [0.1, 0.15) is 0 Å². The van der Waals surface area contributed by atoms with Crippen molar-refractivity contribution in [3.8, 4) is 0 Å². The van der Waals surface area contributed by atoms with Crippen LogP contribution in [-0.2, 0) is 13.1 Å². The SMILES string of the molecule is Cc1csc(Sc2ccc(C(=O)NCc3ccc(CN(C)C)cc3)cc2[N+](=O)[O-])n1. The molecule has 0 aliphatic carbocycles. The van der Waals surface area contributed by atoms with Gasteiger partial charge in [-0.25, -0.2) is 4.98 Å². The van der Waals surface area contributed by atoms with Crippen LogP contribution < -0.4 is 5.32 Å². The third kappa shape index (κ3) is 5.88. The van der Waals surface area contributed by atoms with E-state index in [0.717, 1.165) is 22.1 Å². The zero-order chi connectivity index (χ0) is 21.7. The lowest BCUT2D eigenvalue weighted by Gasteiger charge is -2.10.